The van der Waals surface area contributed by atoms with Crippen LogP contribution in [0.15, 0.2) is 6.07 Å². The van der Waals surface area contributed by atoms with Gasteiger partial charge in [-0.3, -0.25) is 0 Å². The number of rotatable bonds is 9. The van der Waals surface area contributed by atoms with E-state index in [0.717, 1.165) is 49.7 Å². The lowest BCUT2D eigenvalue weighted by Gasteiger charge is -2.15. The van der Waals surface area contributed by atoms with Crippen LogP contribution in [0.2, 0.25) is 0 Å². The summed E-state index contributed by atoms with van der Waals surface area (Å²) in [6.07, 6.45) is 9.46. The molecule has 1 rings (SSSR count). The first-order valence-corrected chi connectivity index (χ1v) is 8.21. The van der Waals surface area contributed by atoms with Gasteiger partial charge in [-0.2, -0.15) is 0 Å². The van der Waals surface area contributed by atoms with E-state index in [9.17, 15) is 10.2 Å². The van der Waals surface area contributed by atoms with Gasteiger partial charge in [-0.25, -0.2) is 0 Å². The van der Waals surface area contributed by atoms with Gasteiger partial charge in [0.05, 0.1) is 0 Å². The molecule has 0 fully saturated rings. The Morgan fingerprint density at radius 3 is 2.00 bits per heavy atom. The molecule has 0 aliphatic heterocycles. The summed E-state index contributed by atoms with van der Waals surface area (Å²) in [5.74, 6) is 0.244. The van der Waals surface area contributed by atoms with Crippen LogP contribution in [0.3, 0.4) is 0 Å². The summed E-state index contributed by atoms with van der Waals surface area (Å²) in [5, 5.41) is 20.5. The largest absolute Gasteiger partial charge is 0.504 e. The van der Waals surface area contributed by atoms with Crippen LogP contribution in [0.25, 0.3) is 0 Å². The van der Waals surface area contributed by atoms with Crippen LogP contribution in [0.4, 0.5) is 0 Å². The Morgan fingerprint density at radius 1 is 0.700 bits per heavy atom. The Morgan fingerprint density at radius 2 is 1.40 bits per heavy atom. The van der Waals surface area contributed by atoms with Gasteiger partial charge in [0.25, 0.3) is 0 Å². The predicted octanol–water partition coefficient (Wildman–Crippen LogP) is 5.13. The van der Waals surface area contributed by atoms with Gasteiger partial charge < -0.3 is 10.2 Å². The molecule has 1 aromatic carbocycles. The van der Waals surface area contributed by atoms with Crippen LogP contribution in [0.1, 0.15) is 76.0 Å². The molecule has 1 aromatic rings. The fourth-order valence-corrected chi connectivity index (χ4v) is 2.77. The molecule has 0 aliphatic rings. The maximum Gasteiger partial charge on any atom is 0.161 e. The fraction of sp³-hybridized carbons (Fsp3) is 0.667. The summed E-state index contributed by atoms with van der Waals surface area (Å²) < 4.78 is 0. The van der Waals surface area contributed by atoms with Crippen LogP contribution in [0.5, 0.6) is 11.5 Å². The van der Waals surface area contributed by atoms with E-state index in [-0.39, 0.29) is 11.5 Å². The third-order valence-corrected chi connectivity index (χ3v) is 3.87. The summed E-state index contributed by atoms with van der Waals surface area (Å²) in [4.78, 5) is 0. The van der Waals surface area contributed by atoms with Crippen molar-refractivity contribution in [1.29, 1.82) is 0 Å². The molecule has 2 nitrogen and oxygen atoms in total. The first kappa shape index (κ1) is 16.9. The zero-order valence-electron chi connectivity index (χ0n) is 13.3. The van der Waals surface area contributed by atoms with Crippen molar-refractivity contribution in [2.45, 2.75) is 78.6 Å². The molecular weight excluding hydrogens is 248 g/mol. The van der Waals surface area contributed by atoms with E-state index in [1.165, 1.54) is 24.8 Å². The minimum absolute atomic E-state index is 0.116. The Hall–Kier alpha value is -1.18. The Labute approximate surface area is 123 Å². The van der Waals surface area contributed by atoms with E-state index in [1.807, 2.05) is 0 Å². The molecule has 0 spiro atoms. The number of phenolic OH excluding ortho intramolecular Hbond substituents is 2. The zero-order valence-corrected chi connectivity index (χ0v) is 13.3. The van der Waals surface area contributed by atoms with Gasteiger partial charge in [0, 0.05) is 5.56 Å². The second-order valence-corrected chi connectivity index (χ2v) is 5.68. The Balaban J connectivity index is 2.94. The lowest BCUT2D eigenvalue weighted by Crippen LogP contribution is -1.99. The van der Waals surface area contributed by atoms with Crippen molar-refractivity contribution in [2.75, 3.05) is 0 Å². The molecule has 0 atom stereocenters. The molecule has 114 valence electrons. The summed E-state index contributed by atoms with van der Waals surface area (Å²) in [5.41, 5.74) is 3.08. The Bertz CT molecular complexity index is 410. The van der Waals surface area contributed by atoms with Gasteiger partial charge in [-0.05, 0) is 36.8 Å². The van der Waals surface area contributed by atoms with E-state index in [0.29, 0.717) is 0 Å². The van der Waals surface area contributed by atoms with Crippen molar-refractivity contribution < 1.29 is 10.2 Å². The fourth-order valence-electron chi connectivity index (χ4n) is 2.77. The number of aromatic hydroxyl groups is 2. The smallest absolute Gasteiger partial charge is 0.161 e. The van der Waals surface area contributed by atoms with Gasteiger partial charge in [0.1, 0.15) is 0 Å². The number of aryl methyl sites for hydroxylation is 2. The standard InChI is InChI=1S/C18H30O2/c1-4-7-8-9-12-15-13-14(10-5-2)16(11-6-3)18(20)17(15)19/h13,19-20H,4-12H2,1-3H3. The van der Waals surface area contributed by atoms with Crippen molar-refractivity contribution in [3.05, 3.63) is 22.8 Å². The average Bonchev–Trinajstić information content (AvgIpc) is 2.44. The van der Waals surface area contributed by atoms with Crippen LogP contribution in [0, 0.1) is 0 Å². The monoisotopic (exact) mass is 278 g/mol. The molecule has 2 heteroatoms. The van der Waals surface area contributed by atoms with Crippen LogP contribution in [-0.2, 0) is 19.3 Å². The molecule has 0 radical (unpaired) electrons. The van der Waals surface area contributed by atoms with E-state index >= 15 is 0 Å². The lowest BCUT2D eigenvalue weighted by atomic mass is 9.93. The molecule has 0 saturated carbocycles. The third kappa shape index (κ3) is 4.43. The zero-order chi connectivity index (χ0) is 15.0. The number of benzene rings is 1. The molecule has 0 aliphatic carbocycles. The molecule has 0 aromatic heterocycles. The van der Waals surface area contributed by atoms with Gasteiger partial charge in [0.2, 0.25) is 0 Å². The molecule has 0 bridgehead atoms. The Kier molecular flexibility index (Phi) is 7.50. The summed E-state index contributed by atoms with van der Waals surface area (Å²) in [6.45, 7) is 6.45. The van der Waals surface area contributed by atoms with Gasteiger partial charge in [-0.1, -0.05) is 58.9 Å². The van der Waals surface area contributed by atoms with Gasteiger partial charge >= 0.3 is 0 Å². The maximum atomic E-state index is 10.3. The molecular formula is C18H30O2. The molecule has 0 heterocycles. The summed E-state index contributed by atoms with van der Waals surface area (Å²) >= 11 is 0. The summed E-state index contributed by atoms with van der Waals surface area (Å²) in [6, 6.07) is 2.12. The third-order valence-electron chi connectivity index (χ3n) is 3.87. The highest BCUT2D eigenvalue weighted by Crippen LogP contribution is 2.37. The number of hydrogen-bond acceptors (Lipinski definition) is 2. The van der Waals surface area contributed by atoms with Crippen molar-refractivity contribution in [2.24, 2.45) is 0 Å². The van der Waals surface area contributed by atoms with Crippen LogP contribution in [-0.4, -0.2) is 10.2 Å². The van der Waals surface area contributed by atoms with Crippen LogP contribution >= 0.6 is 0 Å². The highest BCUT2D eigenvalue weighted by molar-refractivity contribution is 5.54. The quantitative estimate of drug-likeness (QED) is 0.486. The summed E-state index contributed by atoms with van der Waals surface area (Å²) in [7, 11) is 0. The molecule has 2 N–H and O–H groups in total. The van der Waals surface area contributed by atoms with E-state index in [4.69, 9.17) is 0 Å². The first-order valence-electron chi connectivity index (χ1n) is 8.21. The van der Waals surface area contributed by atoms with Gasteiger partial charge in [0.15, 0.2) is 11.5 Å². The van der Waals surface area contributed by atoms with E-state index in [2.05, 4.69) is 26.8 Å². The van der Waals surface area contributed by atoms with Gasteiger partial charge in [-0.15, -0.1) is 0 Å². The predicted molar refractivity (Wildman–Crippen MR) is 85.6 cm³/mol. The maximum absolute atomic E-state index is 10.3. The highest BCUT2D eigenvalue weighted by Gasteiger charge is 2.15. The van der Waals surface area contributed by atoms with Crippen molar-refractivity contribution in [1.82, 2.24) is 0 Å². The molecule has 0 unspecified atom stereocenters. The number of hydrogen-bond donors (Lipinski definition) is 2. The molecule has 0 saturated heterocycles. The van der Waals surface area contributed by atoms with E-state index < -0.39 is 0 Å². The minimum atomic E-state index is 0.116. The topological polar surface area (TPSA) is 40.5 Å². The molecule has 0 amide bonds. The minimum Gasteiger partial charge on any atom is -0.504 e. The normalized spacial score (nSPS) is 10.9. The highest BCUT2D eigenvalue weighted by atomic mass is 16.3. The average molecular weight is 278 g/mol. The lowest BCUT2D eigenvalue weighted by molar-refractivity contribution is 0.393. The first-order chi connectivity index (χ1) is 9.65. The van der Waals surface area contributed by atoms with Crippen LogP contribution < -0.4 is 0 Å². The second-order valence-electron chi connectivity index (χ2n) is 5.68. The van der Waals surface area contributed by atoms with Crippen molar-refractivity contribution in [3.8, 4) is 11.5 Å². The second kappa shape index (κ2) is 8.89. The number of phenols is 2. The number of unbranched alkanes of at least 4 members (excludes halogenated alkanes) is 3. The SMILES string of the molecule is CCCCCCc1cc(CCC)c(CCC)c(O)c1O. The van der Waals surface area contributed by atoms with E-state index in [1.54, 1.807) is 0 Å². The van der Waals surface area contributed by atoms with Crippen molar-refractivity contribution in [3.63, 3.8) is 0 Å². The molecule has 20 heavy (non-hydrogen) atoms. The van der Waals surface area contributed by atoms with Crippen molar-refractivity contribution >= 4 is 0 Å².